The summed E-state index contributed by atoms with van der Waals surface area (Å²) in [5, 5.41) is 0. The van der Waals surface area contributed by atoms with Crippen LogP contribution in [-0.2, 0) is 4.74 Å². The van der Waals surface area contributed by atoms with Gasteiger partial charge in [0.2, 0.25) is 0 Å². The van der Waals surface area contributed by atoms with Crippen molar-refractivity contribution < 1.29 is 18.8 Å². The van der Waals surface area contributed by atoms with Gasteiger partial charge in [-0.25, -0.2) is 4.48 Å². The SMILES string of the molecule is CCCC1C(c2cnccc2OC(C)C)OC(=O)[N+]1(C)C. The Bertz CT molecular complexity index is 514. The highest BCUT2D eigenvalue weighted by Crippen LogP contribution is 2.41. The summed E-state index contributed by atoms with van der Waals surface area (Å²) in [4.78, 5) is 16.4. The molecule has 116 valence electrons. The van der Waals surface area contributed by atoms with Crippen LogP contribution in [0.3, 0.4) is 0 Å². The zero-order chi connectivity index (χ0) is 15.6. The first-order valence-electron chi connectivity index (χ1n) is 7.53. The van der Waals surface area contributed by atoms with Crippen LogP contribution in [0, 0.1) is 0 Å². The molecule has 2 atom stereocenters. The summed E-state index contributed by atoms with van der Waals surface area (Å²) in [6, 6.07) is 1.92. The van der Waals surface area contributed by atoms with Crippen molar-refractivity contribution in [3.8, 4) is 5.75 Å². The normalized spacial score (nSPS) is 24.2. The fraction of sp³-hybridized carbons (Fsp3) is 0.625. The maximum atomic E-state index is 12.2. The van der Waals surface area contributed by atoms with Crippen molar-refractivity contribution in [1.82, 2.24) is 4.98 Å². The summed E-state index contributed by atoms with van der Waals surface area (Å²) in [5.41, 5.74) is 0.863. The second-order valence-electron chi connectivity index (χ2n) is 6.28. The number of carbonyl (C=O) groups excluding carboxylic acids is 1. The zero-order valence-corrected chi connectivity index (χ0v) is 13.5. The molecule has 1 aromatic rings. The van der Waals surface area contributed by atoms with Crippen LogP contribution in [0.4, 0.5) is 4.79 Å². The lowest BCUT2D eigenvalue weighted by Crippen LogP contribution is -2.48. The Labute approximate surface area is 126 Å². The van der Waals surface area contributed by atoms with Crippen molar-refractivity contribution >= 4 is 6.09 Å². The lowest BCUT2D eigenvalue weighted by Gasteiger charge is -2.27. The first-order valence-corrected chi connectivity index (χ1v) is 7.53. The predicted molar refractivity (Wildman–Crippen MR) is 80.0 cm³/mol. The van der Waals surface area contributed by atoms with Crippen LogP contribution in [0.2, 0.25) is 0 Å². The quantitative estimate of drug-likeness (QED) is 0.782. The number of pyridine rings is 1. The Morgan fingerprint density at radius 3 is 2.76 bits per heavy atom. The maximum Gasteiger partial charge on any atom is 0.516 e. The summed E-state index contributed by atoms with van der Waals surface area (Å²) >= 11 is 0. The first-order chi connectivity index (χ1) is 9.87. The van der Waals surface area contributed by atoms with E-state index in [1.54, 1.807) is 12.4 Å². The number of nitrogens with zero attached hydrogens (tertiary/aromatic N) is 2. The van der Waals surface area contributed by atoms with Crippen molar-refractivity contribution in [3.05, 3.63) is 24.0 Å². The van der Waals surface area contributed by atoms with Crippen molar-refractivity contribution in [3.63, 3.8) is 0 Å². The van der Waals surface area contributed by atoms with Crippen LogP contribution in [0.25, 0.3) is 0 Å². The Hall–Kier alpha value is -1.62. The smallest absolute Gasteiger partial charge is 0.490 e. The third-order valence-electron chi connectivity index (χ3n) is 3.94. The van der Waals surface area contributed by atoms with Gasteiger partial charge in [0.25, 0.3) is 0 Å². The molecule has 2 rings (SSSR count). The average molecular weight is 293 g/mol. The van der Waals surface area contributed by atoms with E-state index in [4.69, 9.17) is 9.47 Å². The molecule has 0 bridgehead atoms. The molecule has 5 nitrogen and oxygen atoms in total. The van der Waals surface area contributed by atoms with Crippen LogP contribution in [0.5, 0.6) is 5.75 Å². The number of carbonyl (C=O) groups is 1. The fourth-order valence-corrected chi connectivity index (χ4v) is 2.81. The van der Waals surface area contributed by atoms with E-state index in [2.05, 4.69) is 11.9 Å². The third-order valence-corrected chi connectivity index (χ3v) is 3.94. The molecule has 2 unspecified atom stereocenters. The van der Waals surface area contributed by atoms with Crippen molar-refractivity contribution in [2.45, 2.75) is 51.9 Å². The van der Waals surface area contributed by atoms with E-state index < -0.39 is 0 Å². The number of rotatable bonds is 5. The Morgan fingerprint density at radius 1 is 1.43 bits per heavy atom. The highest BCUT2D eigenvalue weighted by Gasteiger charge is 2.53. The Kier molecular flexibility index (Phi) is 4.52. The van der Waals surface area contributed by atoms with Gasteiger partial charge in [0, 0.05) is 18.8 Å². The molecule has 5 heteroatoms. The van der Waals surface area contributed by atoms with Crippen LogP contribution in [-0.4, -0.2) is 41.8 Å². The first kappa shape index (κ1) is 15.8. The van der Waals surface area contributed by atoms with Gasteiger partial charge >= 0.3 is 6.09 Å². The third kappa shape index (κ3) is 3.02. The average Bonchev–Trinajstić information content (AvgIpc) is 2.63. The predicted octanol–water partition coefficient (Wildman–Crippen LogP) is 3.31. The van der Waals surface area contributed by atoms with E-state index in [0.29, 0.717) is 0 Å². The molecule has 1 saturated heterocycles. The van der Waals surface area contributed by atoms with Crippen molar-refractivity contribution in [2.24, 2.45) is 0 Å². The van der Waals surface area contributed by atoms with Crippen molar-refractivity contribution in [2.75, 3.05) is 14.1 Å². The highest BCUT2D eigenvalue weighted by molar-refractivity contribution is 5.62. The fourth-order valence-electron chi connectivity index (χ4n) is 2.81. The lowest BCUT2D eigenvalue weighted by molar-refractivity contribution is -0.829. The van der Waals surface area contributed by atoms with E-state index in [9.17, 15) is 4.79 Å². The summed E-state index contributed by atoms with van der Waals surface area (Å²) in [5.74, 6) is 0.751. The summed E-state index contributed by atoms with van der Waals surface area (Å²) in [6.45, 7) is 6.08. The zero-order valence-electron chi connectivity index (χ0n) is 13.5. The van der Waals surface area contributed by atoms with Crippen LogP contribution in [0.15, 0.2) is 18.5 Å². The number of likely N-dealkylation sites (N-methyl/N-ethyl adjacent to an activating group) is 1. The van der Waals surface area contributed by atoms with E-state index in [0.717, 1.165) is 24.2 Å². The van der Waals surface area contributed by atoms with Gasteiger partial charge < -0.3 is 9.47 Å². The number of hydrogen-bond acceptors (Lipinski definition) is 4. The van der Waals surface area contributed by atoms with Gasteiger partial charge in [-0.15, -0.1) is 0 Å². The molecule has 1 aliphatic heterocycles. The topological polar surface area (TPSA) is 48.4 Å². The molecule has 1 aromatic heterocycles. The molecule has 21 heavy (non-hydrogen) atoms. The number of aromatic nitrogens is 1. The van der Waals surface area contributed by atoms with Crippen molar-refractivity contribution in [1.29, 1.82) is 0 Å². The van der Waals surface area contributed by atoms with Crippen LogP contribution in [0.1, 0.15) is 45.3 Å². The summed E-state index contributed by atoms with van der Waals surface area (Å²) in [6.07, 6.45) is 4.94. The van der Waals surface area contributed by atoms with Crippen LogP contribution < -0.4 is 4.74 Å². The molecule has 0 saturated carbocycles. The molecule has 1 aliphatic rings. The molecular weight excluding hydrogens is 268 g/mol. The Balaban J connectivity index is 2.38. The van der Waals surface area contributed by atoms with Gasteiger partial charge in [-0.1, -0.05) is 13.3 Å². The molecule has 0 aromatic carbocycles. The monoisotopic (exact) mass is 293 g/mol. The van der Waals surface area contributed by atoms with Gasteiger partial charge in [0.1, 0.15) is 11.8 Å². The largest absolute Gasteiger partial charge is 0.516 e. The number of ether oxygens (including phenoxy) is 2. The minimum atomic E-state index is -0.296. The summed E-state index contributed by atoms with van der Waals surface area (Å²) < 4.78 is 11.8. The maximum absolute atomic E-state index is 12.2. The molecule has 0 aliphatic carbocycles. The minimum absolute atomic E-state index is 0.0652. The standard InChI is InChI=1S/C16H25N2O3/c1-6-7-13-15(21-16(19)18(13,4)5)12-10-17-9-8-14(12)20-11(2)3/h8-11,13,15H,6-7H2,1-5H3/q+1. The molecule has 1 amide bonds. The Morgan fingerprint density at radius 2 is 2.14 bits per heavy atom. The number of amides is 1. The second kappa shape index (κ2) is 6.02. The van der Waals surface area contributed by atoms with Gasteiger partial charge in [-0.3, -0.25) is 4.98 Å². The van der Waals surface area contributed by atoms with Gasteiger partial charge in [-0.05, 0) is 19.9 Å². The number of quaternary nitrogens is 1. The number of cyclic esters (lactones) is 1. The lowest BCUT2D eigenvalue weighted by atomic mass is 9.98. The summed E-state index contributed by atoms with van der Waals surface area (Å²) in [7, 11) is 3.81. The molecular formula is C16H25N2O3+. The molecule has 1 fully saturated rings. The second-order valence-corrected chi connectivity index (χ2v) is 6.28. The van der Waals surface area contributed by atoms with Gasteiger partial charge in [-0.2, -0.15) is 4.79 Å². The van der Waals surface area contributed by atoms with E-state index in [1.807, 2.05) is 34.0 Å². The van der Waals surface area contributed by atoms with E-state index in [1.165, 1.54) is 0 Å². The van der Waals surface area contributed by atoms with E-state index in [-0.39, 0.29) is 28.8 Å². The minimum Gasteiger partial charge on any atom is -0.490 e. The molecule has 2 heterocycles. The van der Waals surface area contributed by atoms with Crippen LogP contribution >= 0.6 is 0 Å². The molecule has 0 N–H and O–H groups in total. The molecule has 0 spiro atoms. The van der Waals surface area contributed by atoms with E-state index >= 15 is 0 Å². The molecule has 0 radical (unpaired) electrons. The van der Waals surface area contributed by atoms with Gasteiger partial charge in [0.15, 0.2) is 6.10 Å². The highest BCUT2D eigenvalue weighted by atomic mass is 16.6. The van der Waals surface area contributed by atoms with Gasteiger partial charge in [0.05, 0.1) is 25.8 Å². The number of hydrogen-bond donors (Lipinski definition) is 0.